The lowest BCUT2D eigenvalue weighted by atomic mass is 10.2. The van der Waals surface area contributed by atoms with Gasteiger partial charge >= 0.3 is 0 Å². The van der Waals surface area contributed by atoms with E-state index < -0.39 is 0 Å². The molecule has 0 aliphatic carbocycles. The fraction of sp³-hybridized carbons (Fsp3) is 0.286. The highest BCUT2D eigenvalue weighted by atomic mass is 127. The summed E-state index contributed by atoms with van der Waals surface area (Å²) < 4.78 is 1.02. The highest BCUT2D eigenvalue weighted by Crippen LogP contribution is 2.25. The van der Waals surface area contributed by atoms with Crippen molar-refractivity contribution in [2.24, 2.45) is 0 Å². The summed E-state index contributed by atoms with van der Waals surface area (Å²) in [6.45, 7) is 1.97. The molecule has 0 spiro atoms. The first kappa shape index (κ1) is 7.15. The van der Waals surface area contributed by atoms with Crippen LogP contribution < -0.4 is 5.32 Å². The summed E-state index contributed by atoms with van der Waals surface area (Å²) in [4.78, 5) is 14.3. The molecule has 58 valence electrons. The molecule has 0 saturated carbocycles. The Labute approximate surface area is 77.7 Å². The Morgan fingerprint density at radius 2 is 2.36 bits per heavy atom. The van der Waals surface area contributed by atoms with Gasteiger partial charge in [0.25, 0.3) is 5.91 Å². The van der Waals surface area contributed by atoms with Gasteiger partial charge in [0.15, 0.2) is 0 Å². The molecular weight excluding hydrogens is 255 g/mol. The summed E-state index contributed by atoms with van der Waals surface area (Å²) in [5.74, 6) is 0.0340. The number of nitrogens with one attached hydrogen (secondary N) is 2. The smallest absolute Gasteiger partial charge is 0.253 e. The molecule has 2 rings (SSSR count). The molecule has 1 aliphatic rings. The molecule has 0 aromatic carbocycles. The van der Waals surface area contributed by atoms with Crippen LogP contribution in [0.4, 0.5) is 0 Å². The Balaban J connectivity index is 2.58. The van der Waals surface area contributed by atoms with Crippen LogP contribution in [0.15, 0.2) is 6.07 Å². The summed E-state index contributed by atoms with van der Waals surface area (Å²) >= 11 is 2.17. The summed E-state index contributed by atoms with van der Waals surface area (Å²) in [5.41, 5.74) is 1.81. The number of fused-ring (bicyclic) bond motifs is 1. The van der Waals surface area contributed by atoms with Crippen molar-refractivity contribution in [1.82, 2.24) is 10.3 Å². The molecule has 2 N–H and O–H groups in total. The van der Waals surface area contributed by atoms with E-state index in [-0.39, 0.29) is 11.9 Å². The van der Waals surface area contributed by atoms with Gasteiger partial charge in [0, 0.05) is 0 Å². The second-order valence-corrected chi connectivity index (χ2v) is 3.80. The third kappa shape index (κ3) is 0.962. The van der Waals surface area contributed by atoms with Gasteiger partial charge in [-0.1, -0.05) is 0 Å². The summed E-state index contributed by atoms with van der Waals surface area (Å²) in [7, 11) is 0. The zero-order valence-electron chi connectivity index (χ0n) is 5.94. The summed E-state index contributed by atoms with van der Waals surface area (Å²) in [6.07, 6.45) is 0. The first-order valence-electron chi connectivity index (χ1n) is 3.38. The van der Waals surface area contributed by atoms with E-state index in [2.05, 4.69) is 32.9 Å². The number of rotatable bonds is 0. The Morgan fingerprint density at radius 1 is 1.64 bits per heavy atom. The number of hydrogen-bond acceptors (Lipinski definition) is 1. The molecular formula is C7H7IN2O. The summed E-state index contributed by atoms with van der Waals surface area (Å²) in [6, 6.07) is 2.01. The SMILES string of the molecule is CC1NC(=O)c2cc(I)[nH]c21. The standard InChI is InChI=1S/C7H7IN2O/c1-3-6-4(7(11)9-3)2-5(8)10-6/h2-3,10H,1H3,(H,9,11). The Kier molecular flexibility index (Phi) is 1.45. The molecule has 1 atom stereocenters. The monoisotopic (exact) mass is 262 g/mol. The lowest BCUT2D eigenvalue weighted by Gasteiger charge is -2.00. The van der Waals surface area contributed by atoms with Gasteiger partial charge in [-0.15, -0.1) is 0 Å². The highest BCUT2D eigenvalue weighted by Gasteiger charge is 2.27. The minimum absolute atomic E-state index is 0.0340. The van der Waals surface area contributed by atoms with Gasteiger partial charge in [-0.05, 0) is 35.6 Å². The van der Waals surface area contributed by atoms with Gasteiger partial charge < -0.3 is 10.3 Å². The van der Waals surface area contributed by atoms with E-state index in [4.69, 9.17) is 0 Å². The topological polar surface area (TPSA) is 44.9 Å². The van der Waals surface area contributed by atoms with Crippen molar-refractivity contribution in [3.05, 3.63) is 21.0 Å². The van der Waals surface area contributed by atoms with Crippen molar-refractivity contribution < 1.29 is 4.79 Å². The van der Waals surface area contributed by atoms with Crippen LogP contribution in [0, 0.1) is 3.70 Å². The van der Waals surface area contributed by atoms with Crippen molar-refractivity contribution in [3.8, 4) is 0 Å². The van der Waals surface area contributed by atoms with E-state index in [0.29, 0.717) is 0 Å². The quantitative estimate of drug-likeness (QED) is 0.682. The molecule has 1 aliphatic heterocycles. The van der Waals surface area contributed by atoms with Crippen molar-refractivity contribution in [2.75, 3.05) is 0 Å². The second kappa shape index (κ2) is 2.23. The molecule has 1 amide bonds. The number of carbonyl (C=O) groups excluding carboxylic acids is 1. The predicted octanol–water partition coefficient (Wildman–Crippen LogP) is 1.42. The molecule has 3 nitrogen and oxygen atoms in total. The van der Waals surface area contributed by atoms with Crippen molar-refractivity contribution in [3.63, 3.8) is 0 Å². The number of halogens is 1. The van der Waals surface area contributed by atoms with Gasteiger partial charge in [-0.2, -0.15) is 0 Å². The van der Waals surface area contributed by atoms with Gasteiger partial charge in [0.05, 0.1) is 21.0 Å². The van der Waals surface area contributed by atoms with Gasteiger partial charge in [0.2, 0.25) is 0 Å². The normalized spacial score (nSPS) is 21.6. The molecule has 1 aromatic rings. The maximum Gasteiger partial charge on any atom is 0.253 e. The minimum atomic E-state index is 0.0340. The van der Waals surface area contributed by atoms with E-state index >= 15 is 0 Å². The zero-order valence-corrected chi connectivity index (χ0v) is 8.10. The van der Waals surface area contributed by atoms with Crippen LogP contribution in [0.3, 0.4) is 0 Å². The molecule has 0 radical (unpaired) electrons. The Hall–Kier alpha value is -0.520. The van der Waals surface area contributed by atoms with E-state index in [1.54, 1.807) is 0 Å². The molecule has 0 bridgehead atoms. The van der Waals surface area contributed by atoms with Crippen LogP contribution in [-0.2, 0) is 0 Å². The average molecular weight is 262 g/mol. The fourth-order valence-corrected chi connectivity index (χ4v) is 1.91. The zero-order chi connectivity index (χ0) is 8.01. The number of hydrogen-bond donors (Lipinski definition) is 2. The molecule has 1 aromatic heterocycles. The van der Waals surface area contributed by atoms with E-state index in [0.717, 1.165) is 15.0 Å². The number of aromatic nitrogens is 1. The second-order valence-electron chi connectivity index (χ2n) is 2.64. The molecule has 11 heavy (non-hydrogen) atoms. The fourth-order valence-electron chi connectivity index (χ4n) is 1.31. The van der Waals surface area contributed by atoms with Crippen LogP contribution in [-0.4, -0.2) is 10.9 Å². The molecule has 1 unspecified atom stereocenters. The number of H-pyrrole nitrogens is 1. The maximum atomic E-state index is 11.2. The molecule has 0 saturated heterocycles. The van der Waals surface area contributed by atoms with Crippen molar-refractivity contribution in [2.45, 2.75) is 13.0 Å². The van der Waals surface area contributed by atoms with E-state index in [1.807, 2.05) is 13.0 Å². The predicted molar refractivity (Wildman–Crippen MR) is 49.4 cm³/mol. The number of amides is 1. The minimum Gasteiger partial charge on any atom is -0.352 e. The lowest BCUT2D eigenvalue weighted by Crippen LogP contribution is -2.17. The number of carbonyl (C=O) groups is 1. The van der Waals surface area contributed by atoms with Crippen LogP contribution >= 0.6 is 22.6 Å². The van der Waals surface area contributed by atoms with Gasteiger partial charge in [-0.25, -0.2) is 0 Å². The van der Waals surface area contributed by atoms with Crippen molar-refractivity contribution in [1.29, 1.82) is 0 Å². The first-order chi connectivity index (χ1) is 5.18. The molecule has 4 heteroatoms. The highest BCUT2D eigenvalue weighted by molar-refractivity contribution is 14.1. The first-order valence-corrected chi connectivity index (χ1v) is 4.45. The molecule has 0 fully saturated rings. The van der Waals surface area contributed by atoms with Gasteiger partial charge in [-0.3, -0.25) is 4.79 Å². The van der Waals surface area contributed by atoms with Crippen LogP contribution in [0.5, 0.6) is 0 Å². The van der Waals surface area contributed by atoms with Gasteiger partial charge in [0.1, 0.15) is 0 Å². The average Bonchev–Trinajstić information content (AvgIpc) is 2.38. The Bertz CT molecular complexity index is 318. The van der Waals surface area contributed by atoms with Crippen molar-refractivity contribution >= 4 is 28.5 Å². The Morgan fingerprint density at radius 3 is 3.00 bits per heavy atom. The third-order valence-electron chi connectivity index (χ3n) is 1.84. The van der Waals surface area contributed by atoms with Crippen LogP contribution in [0.25, 0.3) is 0 Å². The largest absolute Gasteiger partial charge is 0.352 e. The number of aromatic amines is 1. The molecule has 2 heterocycles. The maximum absolute atomic E-state index is 11.2. The van der Waals surface area contributed by atoms with E-state index in [1.165, 1.54) is 0 Å². The van der Waals surface area contributed by atoms with E-state index in [9.17, 15) is 4.79 Å². The van der Waals surface area contributed by atoms with Crippen LogP contribution in [0.2, 0.25) is 0 Å². The third-order valence-corrected chi connectivity index (χ3v) is 2.42. The van der Waals surface area contributed by atoms with Crippen LogP contribution in [0.1, 0.15) is 29.0 Å². The summed E-state index contributed by atoms with van der Waals surface area (Å²) in [5, 5.41) is 2.82. The lowest BCUT2D eigenvalue weighted by molar-refractivity contribution is 0.0958.